The van der Waals surface area contributed by atoms with E-state index in [2.05, 4.69) is 27.7 Å². The molecule has 0 aromatic carbocycles. The molecule has 1 atom stereocenters. The summed E-state index contributed by atoms with van der Waals surface area (Å²) in [7, 11) is 0.500. The topological polar surface area (TPSA) is 0 Å². The van der Waals surface area contributed by atoms with E-state index in [1.54, 1.807) is 0 Å². The first-order valence-corrected chi connectivity index (χ1v) is 5.89. The van der Waals surface area contributed by atoms with Crippen molar-refractivity contribution in [3.8, 4) is 0 Å². The number of allylic oxidation sites excluding steroid dienone is 4. The molecule has 62 valence electrons. The van der Waals surface area contributed by atoms with Gasteiger partial charge in [-0.05, 0) is 46.8 Å². The van der Waals surface area contributed by atoms with E-state index in [9.17, 15) is 0 Å². The molecule has 0 radical (unpaired) electrons. The van der Waals surface area contributed by atoms with Gasteiger partial charge in [0.05, 0.1) is 0 Å². The molecule has 0 bridgehead atoms. The van der Waals surface area contributed by atoms with E-state index in [0.717, 1.165) is 0 Å². The molecule has 1 unspecified atom stereocenters. The largest absolute Gasteiger partial charge is 0.0991 e. The third kappa shape index (κ3) is 1.39. The van der Waals surface area contributed by atoms with Crippen LogP contribution in [0.4, 0.5) is 0 Å². The van der Waals surface area contributed by atoms with E-state index in [1.807, 2.05) is 0 Å². The number of hydrogen-bond acceptors (Lipinski definition) is 0. The summed E-state index contributed by atoms with van der Waals surface area (Å²) in [6.45, 7) is 8.75. The first-order valence-electron chi connectivity index (χ1n) is 3.81. The van der Waals surface area contributed by atoms with Gasteiger partial charge in [0.2, 0.25) is 0 Å². The lowest BCUT2D eigenvalue weighted by molar-refractivity contribution is 1.15. The fourth-order valence-electron chi connectivity index (χ4n) is 1.51. The fourth-order valence-corrected chi connectivity index (χ4v) is 3.26. The molecule has 11 heavy (non-hydrogen) atoms. The Morgan fingerprint density at radius 2 is 1.36 bits per heavy atom. The molecule has 1 aliphatic carbocycles. The minimum absolute atomic E-state index is 0.500. The van der Waals surface area contributed by atoms with E-state index < -0.39 is 0 Å². The fraction of sp³-hybridized carbons (Fsp3) is 0.556. The van der Waals surface area contributed by atoms with Crippen LogP contribution < -0.4 is 0 Å². The van der Waals surface area contributed by atoms with Gasteiger partial charge in [-0.25, -0.2) is 0 Å². The van der Waals surface area contributed by atoms with Gasteiger partial charge in [-0.2, -0.15) is 0 Å². The minimum Gasteiger partial charge on any atom is -0.0991 e. The Kier molecular flexibility index (Phi) is 2.78. The second-order valence-electron chi connectivity index (χ2n) is 3.16. The Morgan fingerprint density at radius 1 is 1.00 bits per heavy atom. The predicted molar refractivity (Wildman–Crippen MR) is 54.7 cm³/mol. The van der Waals surface area contributed by atoms with Crippen LogP contribution >= 0.6 is 19.2 Å². The van der Waals surface area contributed by atoms with Crippen LogP contribution in [0.2, 0.25) is 0 Å². The molecule has 0 amide bonds. The lowest BCUT2D eigenvalue weighted by atomic mass is 10.1. The van der Waals surface area contributed by atoms with E-state index in [1.165, 1.54) is 22.3 Å². The minimum atomic E-state index is 0.500. The molecule has 0 saturated heterocycles. The highest BCUT2D eigenvalue weighted by Crippen LogP contribution is 2.43. The number of halogens is 1. The van der Waals surface area contributed by atoms with Crippen LogP contribution in [0.1, 0.15) is 27.7 Å². The molecular formula is C9H14ClP. The zero-order valence-electron chi connectivity index (χ0n) is 7.46. The van der Waals surface area contributed by atoms with Gasteiger partial charge < -0.3 is 0 Å². The highest BCUT2D eigenvalue weighted by molar-refractivity contribution is 7.69. The second-order valence-corrected chi connectivity index (χ2v) is 4.61. The standard InChI is InChI=1S/C9H14ClP/c1-5-6(2)8(4)9(11-10)7(5)3/h9,11H,1-4H3. The Hall–Kier alpha value is 0.200. The Morgan fingerprint density at radius 3 is 1.55 bits per heavy atom. The monoisotopic (exact) mass is 188 g/mol. The molecule has 0 aromatic heterocycles. The Balaban J connectivity index is 3.04. The maximum absolute atomic E-state index is 5.89. The van der Waals surface area contributed by atoms with Crippen LogP contribution in [0.3, 0.4) is 0 Å². The van der Waals surface area contributed by atoms with Crippen LogP contribution in [0.5, 0.6) is 0 Å². The highest BCUT2D eigenvalue weighted by atomic mass is 35.7. The molecular weight excluding hydrogens is 175 g/mol. The third-order valence-corrected chi connectivity index (χ3v) is 4.46. The van der Waals surface area contributed by atoms with Gasteiger partial charge in [0, 0.05) is 5.66 Å². The van der Waals surface area contributed by atoms with Crippen molar-refractivity contribution in [2.45, 2.75) is 33.4 Å². The quantitative estimate of drug-likeness (QED) is 0.548. The van der Waals surface area contributed by atoms with E-state index in [4.69, 9.17) is 11.2 Å². The maximum atomic E-state index is 5.89. The van der Waals surface area contributed by atoms with Crippen LogP contribution in [-0.4, -0.2) is 5.66 Å². The summed E-state index contributed by atoms with van der Waals surface area (Å²) in [6, 6.07) is 0. The number of hydrogen-bond donors (Lipinski definition) is 0. The molecule has 1 aliphatic rings. The van der Waals surface area contributed by atoms with Crippen LogP contribution in [0.25, 0.3) is 0 Å². The summed E-state index contributed by atoms with van der Waals surface area (Å²) in [4.78, 5) is 0. The molecule has 0 fully saturated rings. The van der Waals surface area contributed by atoms with Crippen molar-refractivity contribution < 1.29 is 0 Å². The third-order valence-electron chi connectivity index (χ3n) is 2.72. The molecule has 0 saturated carbocycles. The lowest BCUT2D eigenvalue weighted by Gasteiger charge is -2.09. The molecule has 0 heterocycles. The number of rotatable bonds is 1. The summed E-state index contributed by atoms with van der Waals surface area (Å²) in [6.07, 6.45) is 0. The SMILES string of the molecule is CC1=C(C)C(PCl)C(C)=C1C. The molecule has 0 spiro atoms. The smallest absolute Gasteiger partial charge is 0.0327 e. The van der Waals surface area contributed by atoms with Crippen molar-refractivity contribution in [1.29, 1.82) is 0 Å². The Bertz CT molecular complexity index is 214. The molecule has 0 aromatic rings. The average Bonchev–Trinajstić information content (AvgIpc) is 2.17. The van der Waals surface area contributed by atoms with Gasteiger partial charge in [0.15, 0.2) is 0 Å². The van der Waals surface area contributed by atoms with Crippen molar-refractivity contribution >= 4 is 19.2 Å². The van der Waals surface area contributed by atoms with E-state index >= 15 is 0 Å². The second kappa shape index (κ2) is 3.29. The van der Waals surface area contributed by atoms with Gasteiger partial charge in [0.1, 0.15) is 0 Å². The van der Waals surface area contributed by atoms with Crippen molar-refractivity contribution in [3.05, 3.63) is 22.3 Å². The molecule has 0 nitrogen and oxygen atoms in total. The van der Waals surface area contributed by atoms with Crippen molar-refractivity contribution in [3.63, 3.8) is 0 Å². The van der Waals surface area contributed by atoms with E-state index in [-0.39, 0.29) is 0 Å². The first kappa shape index (κ1) is 9.29. The summed E-state index contributed by atoms with van der Waals surface area (Å²) >= 11 is 5.89. The molecule has 2 heteroatoms. The van der Waals surface area contributed by atoms with Crippen LogP contribution in [0.15, 0.2) is 22.3 Å². The molecule has 0 aliphatic heterocycles. The maximum Gasteiger partial charge on any atom is 0.0327 e. The van der Waals surface area contributed by atoms with Crippen molar-refractivity contribution in [2.75, 3.05) is 0 Å². The normalized spacial score (nSPS) is 21.5. The lowest BCUT2D eigenvalue weighted by Crippen LogP contribution is -1.97. The molecule has 1 rings (SSSR count). The van der Waals surface area contributed by atoms with Crippen LogP contribution in [-0.2, 0) is 0 Å². The summed E-state index contributed by atoms with van der Waals surface area (Å²) in [5, 5.41) is 0. The van der Waals surface area contributed by atoms with Gasteiger partial charge in [-0.1, -0.05) is 22.4 Å². The van der Waals surface area contributed by atoms with Gasteiger partial charge in [-0.3, -0.25) is 0 Å². The highest BCUT2D eigenvalue weighted by Gasteiger charge is 2.22. The Labute approximate surface area is 75.3 Å². The van der Waals surface area contributed by atoms with Gasteiger partial charge >= 0.3 is 0 Å². The first-order chi connectivity index (χ1) is 5.09. The van der Waals surface area contributed by atoms with E-state index in [0.29, 0.717) is 13.6 Å². The zero-order valence-corrected chi connectivity index (χ0v) is 9.21. The summed E-state index contributed by atoms with van der Waals surface area (Å²) < 4.78 is 0. The molecule has 0 N–H and O–H groups in total. The summed E-state index contributed by atoms with van der Waals surface area (Å²) in [5.41, 5.74) is 6.36. The summed E-state index contributed by atoms with van der Waals surface area (Å²) in [5.74, 6) is 0. The van der Waals surface area contributed by atoms with Crippen molar-refractivity contribution in [1.82, 2.24) is 0 Å². The van der Waals surface area contributed by atoms with Crippen LogP contribution in [0, 0.1) is 0 Å². The van der Waals surface area contributed by atoms with Gasteiger partial charge in [-0.15, -0.1) is 0 Å². The average molecular weight is 189 g/mol. The predicted octanol–water partition coefficient (Wildman–Crippen LogP) is 3.87. The zero-order chi connectivity index (χ0) is 8.59. The van der Waals surface area contributed by atoms with Gasteiger partial charge in [0.25, 0.3) is 0 Å². The van der Waals surface area contributed by atoms with Crippen molar-refractivity contribution in [2.24, 2.45) is 0 Å².